The minimum atomic E-state index is -1.13. The first-order valence-corrected chi connectivity index (χ1v) is 5.77. The highest BCUT2D eigenvalue weighted by atomic mass is 19.1. The number of carbonyl (C=O) groups excluding carboxylic acids is 2. The zero-order valence-electron chi connectivity index (χ0n) is 10.7. The number of rotatable bonds is 4. The molecule has 1 amide bonds. The van der Waals surface area contributed by atoms with Crippen molar-refractivity contribution in [1.29, 1.82) is 0 Å². The van der Waals surface area contributed by atoms with Crippen molar-refractivity contribution in [2.75, 3.05) is 19.5 Å². The number of anilines is 1. The topological polar surface area (TPSA) is 64.6 Å². The average Bonchev–Trinajstić information content (AvgIpc) is 3.19. The summed E-state index contributed by atoms with van der Waals surface area (Å²) in [5, 5.41) is 2.52. The zero-order chi connectivity index (χ0) is 14.0. The van der Waals surface area contributed by atoms with Gasteiger partial charge >= 0.3 is 5.97 Å². The highest BCUT2D eigenvalue weighted by Gasteiger charge is 2.57. The van der Waals surface area contributed by atoms with Crippen LogP contribution in [-0.4, -0.2) is 26.1 Å². The summed E-state index contributed by atoms with van der Waals surface area (Å²) in [4.78, 5) is 23.6. The number of nitrogens with one attached hydrogen (secondary N) is 1. The van der Waals surface area contributed by atoms with Crippen LogP contribution in [0.1, 0.15) is 12.8 Å². The maximum absolute atomic E-state index is 13.2. The first kappa shape index (κ1) is 13.3. The first-order valence-electron chi connectivity index (χ1n) is 5.77. The second-order valence-corrected chi connectivity index (χ2v) is 4.37. The molecule has 102 valence electrons. The van der Waals surface area contributed by atoms with Crippen LogP contribution in [0.3, 0.4) is 0 Å². The fourth-order valence-corrected chi connectivity index (χ4v) is 1.86. The van der Waals surface area contributed by atoms with Gasteiger partial charge in [0.2, 0.25) is 5.91 Å². The number of hydrogen-bond donors (Lipinski definition) is 1. The molecular weight excluding hydrogens is 253 g/mol. The van der Waals surface area contributed by atoms with Gasteiger partial charge in [-0.05, 0) is 25.0 Å². The van der Waals surface area contributed by atoms with Crippen molar-refractivity contribution in [3.8, 4) is 5.75 Å². The highest BCUT2D eigenvalue weighted by Crippen LogP contribution is 2.48. The van der Waals surface area contributed by atoms with Crippen LogP contribution < -0.4 is 10.1 Å². The van der Waals surface area contributed by atoms with E-state index >= 15 is 0 Å². The van der Waals surface area contributed by atoms with Crippen LogP contribution in [0.2, 0.25) is 0 Å². The fraction of sp³-hybridized carbons (Fsp3) is 0.385. The van der Waals surface area contributed by atoms with Crippen molar-refractivity contribution in [2.45, 2.75) is 12.8 Å². The molecule has 1 aromatic carbocycles. The van der Waals surface area contributed by atoms with E-state index in [0.717, 1.165) is 6.07 Å². The van der Waals surface area contributed by atoms with E-state index in [1.165, 1.54) is 26.4 Å². The first-order chi connectivity index (χ1) is 9.03. The van der Waals surface area contributed by atoms with Gasteiger partial charge < -0.3 is 14.8 Å². The Balaban J connectivity index is 2.20. The smallest absolute Gasteiger partial charge is 0.321 e. The Morgan fingerprint density at radius 3 is 2.53 bits per heavy atom. The summed E-state index contributed by atoms with van der Waals surface area (Å²) >= 11 is 0. The summed E-state index contributed by atoms with van der Waals surface area (Å²) in [6.07, 6.45) is 0.867. The second kappa shape index (κ2) is 4.87. The number of hydrogen-bond acceptors (Lipinski definition) is 4. The predicted octanol–water partition coefficient (Wildman–Crippen LogP) is 1.73. The molecule has 0 aliphatic heterocycles. The van der Waals surface area contributed by atoms with Crippen molar-refractivity contribution < 1.29 is 23.5 Å². The fourth-order valence-electron chi connectivity index (χ4n) is 1.86. The SMILES string of the molecule is COC(=O)C1(C(=O)Nc2cc(F)ccc2OC)CC1. The molecule has 0 saturated heterocycles. The van der Waals surface area contributed by atoms with Crippen molar-refractivity contribution >= 4 is 17.6 Å². The summed E-state index contributed by atoms with van der Waals surface area (Å²) in [6.45, 7) is 0. The summed E-state index contributed by atoms with van der Waals surface area (Å²) in [5.74, 6) is -1.24. The number of ether oxygens (including phenoxy) is 2. The molecular formula is C13H14FNO4. The molecule has 0 aromatic heterocycles. The molecule has 19 heavy (non-hydrogen) atoms. The summed E-state index contributed by atoms with van der Waals surface area (Å²) < 4.78 is 22.8. The van der Waals surface area contributed by atoms with E-state index in [1.54, 1.807) is 0 Å². The Kier molecular flexibility index (Phi) is 3.42. The molecule has 0 heterocycles. The third-order valence-electron chi connectivity index (χ3n) is 3.17. The zero-order valence-corrected chi connectivity index (χ0v) is 10.7. The van der Waals surface area contributed by atoms with Crippen LogP contribution in [0.15, 0.2) is 18.2 Å². The molecule has 0 radical (unpaired) electrons. The van der Waals surface area contributed by atoms with Crippen molar-refractivity contribution in [3.63, 3.8) is 0 Å². The normalized spacial score (nSPS) is 15.5. The Bertz CT molecular complexity index is 525. The quantitative estimate of drug-likeness (QED) is 0.666. The van der Waals surface area contributed by atoms with Gasteiger partial charge in [0.15, 0.2) is 0 Å². The van der Waals surface area contributed by atoms with Gasteiger partial charge in [-0.15, -0.1) is 0 Å². The third kappa shape index (κ3) is 2.38. The van der Waals surface area contributed by atoms with Crippen LogP contribution in [0.25, 0.3) is 0 Å². The van der Waals surface area contributed by atoms with E-state index in [0.29, 0.717) is 18.6 Å². The minimum Gasteiger partial charge on any atom is -0.495 e. The van der Waals surface area contributed by atoms with Crippen LogP contribution in [0.5, 0.6) is 5.75 Å². The summed E-state index contributed by atoms with van der Waals surface area (Å²) in [7, 11) is 2.65. The van der Waals surface area contributed by atoms with E-state index in [2.05, 4.69) is 10.1 Å². The third-order valence-corrected chi connectivity index (χ3v) is 3.17. The van der Waals surface area contributed by atoms with Gasteiger partial charge in [0, 0.05) is 6.07 Å². The number of amides is 1. The molecule has 1 aromatic rings. The molecule has 2 rings (SSSR count). The van der Waals surface area contributed by atoms with Gasteiger partial charge in [0.1, 0.15) is 17.0 Å². The van der Waals surface area contributed by atoms with Crippen molar-refractivity contribution in [1.82, 2.24) is 0 Å². The number of benzene rings is 1. The molecule has 1 aliphatic rings. The molecule has 1 saturated carbocycles. The van der Waals surface area contributed by atoms with Crippen LogP contribution in [-0.2, 0) is 14.3 Å². The van der Waals surface area contributed by atoms with Crippen LogP contribution in [0, 0.1) is 11.2 Å². The van der Waals surface area contributed by atoms with Gasteiger partial charge in [0.25, 0.3) is 0 Å². The number of methoxy groups -OCH3 is 2. The van der Waals surface area contributed by atoms with Gasteiger partial charge in [0.05, 0.1) is 19.9 Å². The Labute approximate surface area is 109 Å². The largest absolute Gasteiger partial charge is 0.495 e. The number of halogens is 1. The van der Waals surface area contributed by atoms with Gasteiger partial charge in [-0.3, -0.25) is 9.59 Å². The van der Waals surface area contributed by atoms with Crippen LogP contribution in [0.4, 0.5) is 10.1 Å². The lowest BCUT2D eigenvalue weighted by atomic mass is 10.1. The lowest BCUT2D eigenvalue weighted by Crippen LogP contribution is -2.32. The maximum atomic E-state index is 13.2. The van der Waals surface area contributed by atoms with Gasteiger partial charge in [-0.1, -0.05) is 0 Å². The molecule has 0 atom stereocenters. The van der Waals surface area contributed by atoms with E-state index in [1.807, 2.05) is 0 Å². The van der Waals surface area contributed by atoms with E-state index in [4.69, 9.17) is 4.74 Å². The van der Waals surface area contributed by atoms with E-state index in [9.17, 15) is 14.0 Å². The molecule has 0 bridgehead atoms. The van der Waals surface area contributed by atoms with Crippen LogP contribution >= 0.6 is 0 Å². The molecule has 1 fully saturated rings. The van der Waals surface area contributed by atoms with E-state index in [-0.39, 0.29) is 5.69 Å². The van der Waals surface area contributed by atoms with Crippen molar-refractivity contribution in [2.24, 2.45) is 5.41 Å². The van der Waals surface area contributed by atoms with Crippen molar-refractivity contribution in [3.05, 3.63) is 24.0 Å². The van der Waals surface area contributed by atoms with Gasteiger partial charge in [-0.25, -0.2) is 4.39 Å². The molecule has 1 aliphatic carbocycles. The monoisotopic (exact) mass is 267 g/mol. The molecule has 0 spiro atoms. The lowest BCUT2D eigenvalue weighted by molar-refractivity contribution is -0.150. The summed E-state index contributed by atoms with van der Waals surface area (Å²) in [6, 6.07) is 3.77. The molecule has 0 unspecified atom stereocenters. The Morgan fingerprint density at radius 1 is 1.32 bits per heavy atom. The molecule has 5 nitrogen and oxygen atoms in total. The standard InChI is InChI=1S/C13H14FNO4/c1-18-10-4-3-8(14)7-9(10)15-11(16)13(5-6-13)12(17)19-2/h3-4,7H,5-6H2,1-2H3,(H,15,16). The van der Waals surface area contributed by atoms with E-state index < -0.39 is 23.1 Å². The number of carbonyl (C=O) groups is 2. The number of esters is 1. The van der Waals surface area contributed by atoms with Gasteiger partial charge in [-0.2, -0.15) is 0 Å². The molecule has 6 heteroatoms. The summed E-state index contributed by atoms with van der Waals surface area (Å²) in [5.41, 5.74) is -0.936. The lowest BCUT2D eigenvalue weighted by Gasteiger charge is -2.15. The second-order valence-electron chi connectivity index (χ2n) is 4.37. The Morgan fingerprint density at radius 2 is 2.00 bits per heavy atom. The average molecular weight is 267 g/mol. The maximum Gasteiger partial charge on any atom is 0.321 e. The predicted molar refractivity (Wildman–Crippen MR) is 65.3 cm³/mol. The highest BCUT2D eigenvalue weighted by molar-refractivity contribution is 6.11. The minimum absolute atomic E-state index is 0.197. The Hall–Kier alpha value is -2.11. The molecule has 1 N–H and O–H groups in total.